The van der Waals surface area contributed by atoms with E-state index in [2.05, 4.69) is 24.1 Å². The van der Waals surface area contributed by atoms with Crippen molar-refractivity contribution in [1.82, 2.24) is 4.90 Å². The van der Waals surface area contributed by atoms with Gasteiger partial charge in [-0.1, -0.05) is 6.07 Å². The zero-order valence-corrected chi connectivity index (χ0v) is 14.5. The summed E-state index contributed by atoms with van der Waals surface area (Å²) in [5.74, 6) is 0. The average Bonchev–Trinajstić information content (AvgIpc) is 2.46. The van der Waals surface area contributed by atoms with Crippen LogP contribution in [0.2, 0.25) is 0 Å². The maximum Gasteiger partial charge on any atom is 0.310 e. The van der Waals surface area contributed by atoms with Gasteiger partial charge in [-0.15, -0.1) is 0 Å². The van der Waals surface area contributed by atoms with Crippen molar-refractivity contribution in [3.8, 4) is 0 Å². The zero-order chi connectivity index (χ0) is 17.2. The van der Waals surface area contributed by atoms with E-state index < -0.39 is 14.8 Å². The van der Waals surface area contributed by atoms with E-state index in [1.807, 2.05) is 0 Å². The Morgan fingerprint density at radius 1 is 1.30 bits per heavy atom. The molecule has 1 aromatic carbocycles. The van der Waals surface area contributed by atoms with Crippen molar-refractivity contribution in [3.63, 3.8) is 0 Å². The first-order valence-electron chi connectivity index (χ1n) is 7.68. The number of para-hydroxylation sites is 1. The Bertz CT molecular complexity index is 680. The third-order valence-corrected chi connectivity index (χ3v) is 5.33. The summed E-state index contributed by atoms with van der Waals surface area (Å²) in [4.78, 5) is 12.9. The summed E-state index contributed by atoms with van der Waals surface area (Å²) >= 11 is 0. The fourth-order valence-electron chi connectivity index (χ4n) is 2.91. The summed E-state index contributed by atoms with van der Waals surface area (Å²) in [5.41, 5.74) is -0.0813. The van der Waals surface area contributed by atoms with E-state index in [4.69, 9.17) is 0 Å². The van der Waals surface area contributed by atoms with Crippen LogP contribution in [0.4, 0.5) is 11.4 Å². The molecule has 0 atom stereocenters. The van der Waals surface area contributed by atoms with Crippen LogP contribution in [-0.2, 0) is 9.84 Å². The van der Waals surface area contributed by atoms with Crippen LogP contribution in [0.15, 0.2) is 23.1 Å². The molecular formula is C15H23N3O4S. The summed E-state index contributed by atoms with van der Waals surface area (Å²) in [6.07, 6.45) is 2.73. The second-order valence-electron chi connectivity index (χ2n) is 6.23. The number of nitrogens with zero attached hydrogens (tertiary/aromatic N) is 2. The van der Waals surface area contributed by atoms with Gasteiger partial charge >= 0.3 is 5.69 Å². The molecule has 0 aromatic heterocycles. The predicted octanol–water partition coefficient (Wildman–Crippen LogP) is 2.28. The highest BCUT2D eigenvalue weighted by Gasteiger charge is 2.28. The number of nitrogens with one attached hydrogen (secondary N) is 1. The number of hydrogen-bond acceptors (Lipinski definition) is 6. The fraction of sp³-hybridized carbons (Fsp3) is 0.600. The number of sulfone groups is 1. The lowest BCUT2D eigenvalue weighted by Gasteiger charge is -2.35. The molecule has 1 aromatic rings. The highest BCUT2D eigenvalue weighted by molar-refractivity contribution is 7.90. The molecule has 0 bridgehead atoms. The maximum atomic E-state index is 11.8. The van der Waals surface area contributed by atoms with E-state index in [-0.39, 0.29) is 22.3 Å². The number of benzene rings is 1. The number of likely N-dealkylation sites (tertiary alicyclic amines) is 1. The molecule has 0 unspecified atom stereocenters. The van der Waals surface area contributed by atoms with Crippen LogP contribution in [0.5, 0.6) is 0 Å². The predicted molar refractivity (Wildman–Crippen MR) is 89.6 cm³/mol. The third-order valence-electron chi connectivity index (χ3n) is 4.20. The number of rotatable bonds is 5. The van der Waals surface area contributed by atoms with Gasteiger partial charge in [-0.3, -0.25) is 10.1 Å². The first-order valence-corrected chi connectivity index (χ1v) is 9.57. The van der Waals surface area contributed by atoms with E-state index in [1.54, 1.807) is 6.07 Å². The molecule has 0 aliphatic carbocycles. The summed E-state index contributed by atoms with van der Waals surface area (Å²) in [6, 6.07) is 4.98. The van der Waals surface area contributed by atoms with Gasteiger partial charge in [0.1, 0.15) is 10.6 Å². The molecule has 23 heavy (non-hydrogen) atoms. The van der Waals surface area contributed by atoms with E-state index in [1.165, 1.54) is 12.1 Å². The number of anilines is 1. The van der Waals surface area contributed by atoms with Gasteiger partial charge in [0.2, 0.25) is 0 Å². The first kappa shape index (κ1) is 17.7. The number of nitro benzene ring substituents is 1. The van der Waals surface area contributed by atoms with Crippen LogP contribution in [0.1, 0.15) is 26.7 Å². The monoisotopic (exact) mass is 341 g/mol. The van der Waals surface area contributed by atoms with Crippen molar-refractivity contribution >= 4 is 21.2 Å². The lowest BCUT2D eigenvalue weighted by molar-refractivity contribution is -0.386. The normalized spacial score (nSPS) is 17.4. The standard InChI is InChI=1S/C15H23N3O4S/c1-11(2)17-9-7-12(8-10-17)16-13-5-4-6-14(23(3,21)22)15(13)18(19)20/h4-6,11-12,16H,7-10H2,1-3H3. The van der Waals surface area contributed by atoms with Gasteiger partial charge in [0.15, 0.2) is 9.84 Å². The summed E-state index contributed by atoms with van der Waals surface area (Å²) in [7, 11) is -3.65. The molecule has 128 valence electrons. The fourth-order valence-corrected chi connectivity index (χ4v) is 3.77. The molecule has 1 N–H and O–H groups in total. The zero-order valence-electron chi connectivity index (χ0n) is 13.7. The Hall–Kier alpha value is -1.67. The van der Waals surface area contributed by atoms with Crippen molar-refractivity contribution in [2.75, 3.05) is 24.7 Å². The van der Waals surface area contributed by atoms with Crippen LogP contribution in [0, 0.1) is 10.1 Å². The molecular weight excluding hydrogens is 318 g/mol. The lowest BCUT2D eigenvalue weighted by atomic mass is 10.0. The van der Waals surface area contributed by atoms with Crippen LogP contribution < -0.4 is 5.32 Å². The van der Waals surface area contributed by atoms with Crippen LogP contribution in [0.25, 0.3) is 0 Å². The molecule has 7 nitrogen and oxygen atoms in total. The Morgan fingerprint density at radius 3 is 2.39 bits per heavy atom. The third kappa shape index (κ3) is 4.20. The Labute approximate surface area is 136 Å². The van der Waals surface area contributed by atoms with Gasteiger partial charge in [0.05, 0.1) is 4.92 Å². The van der Waals surface area contributed by atoms with Crippen molar-refractivity contribution in [2.45, 2.75) is 43.7 Å². The van der Waals surface area contributed by atoms with Crippen molar-refractivity contribution in [2.24, 2.45) is 0 Å². The molecule has 8 heteroatoms. The smallest absolute Gasteiger partial charge is 0.310 e. The van der Waals surface area contributed by atoms with Gasteiger partial charge in [-0.2, -0.15) is 0 Å². The van der Waals surface area contributed by atoms with Crippen LogP contribution in [0.3, 0.4) is 0 Å². The average molecular weight is 341 g/mol. The Kier molecular flexibility index (Phi) is 5.26. The number of nitro groups is 1. The second kappa shape index (κ2) is 6.84. The molecule has 0 radical (unpaired) electrons. The Balaban J connectivity index is 2.23. The van der Waals surface area contributed by atoms with Crippen molar-refractivity contribution in [1.29, 1.82) is 0 Å². The summed E-state index contributed by atoms with van der Waals surface area (Å²) in [5, 5.41) is 14.5. The minimum atomic E-state index is -3.65. The molecule has 1 heterocycles. The lowest BCUT2D eigenvalue weighted by Crippen LogP contribution is -2.42. The van der Waals surface area contributed by atoms with Gasteiger partial charge in [-0.25, -0.2) is 8.42 Å². The van der Waals surface area contributed by atoms with Crippen molar-refractivity contribution in [3.05, 3.63) is 28.3 Å². The molecule has 1 saturated heterocycles. The van der Waals surface area contributed by atoms with Crippen LogP contribution in [-0.4, -0.2) is 49.7 Å². The SMILES string of the molecule is CC(C)N1CCC(Nc2cccc(S(C)(=O)=O)c2[N+](=O)[O-])CC1. The second-order valence-corrected chi connectivity index (χ2v) is 8.21. The molecule has 0 spiro atoms. The Morgan fingerprint density at radius 2 is 1.91 bits per heavy atom. The minimum absolute atomic E-state index is 0.110. The topological polar surface area (TPSA) is 92.6 Å². The highest BCUT2D eigenvalue weighted by Crippen LogP contribution is 2.33. The molecule has 1 aliphatic heterocycles. The molecule has 0 amide bonds. The quantitative estimate of drug-likeness (QED) is 0.652. The van der Waals surface area contributed by atoms with Gasteiger partial charge in [0, 0.05) is 31.4 Å². The van der Waals surface area contributed by atoms with Gasteiger partial charge in [0.25, 0.3) is 0 Å². The summed E-state index contributed by atoms with van der Waals surface area (Å²) < 4.78 is 23.6. The number of piperidine rings is 1. The van der Waals surface area contributed by atoms with E-state index in [9.17, 15) is 18.5 Å². The molecule has 2 rings (SSSR count). The van der Waals surface area contributed by atoms with Gasteiger partial charge in [-0.05, 0) is 38.8 Å². The highest BCUT2D eigenvalue weighted by atomic mass is 32.2. The molecule has 0 saturated carbocycles. The van der Waals surface area contributed by atoms with Crippen LogP contribution >= 0.6 is 0 Å². The van der Waals surface area contributed by atoms with E-state index in [0.29, 0.717) is 6.04 Å². The minimum Gasteiger partial charge on any atom is -0.377 e. The first-order chi connectivity index (χ1) is 10.7. The largest absolute Gasteiger partial charge is 0.377 e. The van der Waals surface area contributed by atoms with E-state index in [0.717, 1.165) is 32.2 Å². The molecule has 1 fully saturated rings. The number of hydrogen-bond donors (Lipinski definition) is 1. The van der Waals surface area contributed by atoms with Crippen molar-refractivity contribution < 1.29 is 13.3 Å². The van der Waals surface area contributed by atoms with Gasteiger partial charge < -0.3 is 10.2 Å². The van der Waals surface area contributed by atoms with E-state index >= 15 is 0 Å². The molecule has 1 aliphatic rings. The maximum absolute atomic E-state index is 11.8. The summed E-state index contributed by atoms with van der Waals surface area (Å²) in [6.45, 7) is 6.14.